The molecular formula is C33H66N7O16P. The van der Waals surface area contributed by atoms with Crippen molar-refractivity contribution in [3.05, 3.63) is 0 Å². The highest BCUT2D eigenvalue weighted by Gasteiger charge is 2.60. The number of rotatable bonds is 21. The number of carbonyl (C=O) groups excluding carboxylic acids is 1. The number of likely N-dealkylation sites (N-methyl/N-ethyl adjacent to an activating group) is 1. The fourth-order valence-corrected chi connectivity index (χ4v) is 7.32. The number of guanidine groups is 2. The topological polar surface area (TPSA) is 398 Å². The SMILES string of the molecule is CCCCCCCCCCCCOP(=O)(O)O.CN[C@@H]1[C@H](O[C@H]2[C@H](O[C@H]3[C@H](O)[C@@H](O)[C@H](NC(=N)N)[C@@H](O)[C@@H]3NC(=N)N)O[C@@H](C)[C@]2(O)C=O)O[C@@H](CO)[C@H](O)[C@H]1O. The van der Waals surface area contributed by atoms with E-state index in [4.69, 9.17) is 51.0 Å². The molecule has 2 aliphatic heterocycles. The maximum absolute atomic E-state index is 12.1. The second-order valence-corrected chi connectivity index (χ2v) is 15.7. The molecule has 3 fully saturated rings. The third-order valence-electron chi connectivity index (χ3n) is 10.2. The Bertz CT molecular complexity index is 1280. The van der Waals surface area contributed by atoms with Crippen LogP contribution in [0.4, 0.5) is 0 Å². The summed E-state index contributed by atoms with van der Waals surface area (Å²) in [5, 5.41) is 96.4. The number of aliphatic hydroxyl groups excluding tert-OH is 6. The summed E-state index contributed by atoms with van der Waals surface area (Å²) >= 11 is 0. The first-order valence-electron chi connectivity index (χ1n) is 19.2. The summed E-state index contributed by atoms with van der Waals surface area (Å²) in [5.41, 5.74) is 8.38. The van der Waals surface area contributed by atoms with E-state index in [1.807, 2.05) is 0 Å². The molecule has 0 bridgehead atoms. The highest BCUT2D eigenvalue weighted by Crippen LogP contribution is 2.38. The van der Waals surface area contributed by atoms with Crippen molar-refractivity contribution in [2.24, 2.45) is 11.5 Å². The Morgan fingerprint density at radius 1 is 0.789 bits per heavy atom. The number of nitrogens with two attached hydrogens (primary N) is 2. The van der Waals surface area contributed by atoms with Gasteiger partial charge in [0.1, 0.15) is 42.7 Å². The van der Waals surface area contributed by atoms with Gasteiger partial charge in [0.15, 0.2) is 36.4 Å². The molecule has 15 atom stereocenters. The first-order valence-corrected chi connectivity index (χ1v) is 20.7. The average molecular weight is 848 g/mol. The second kappa shape index (κ2) is 24.2. The van der Waals surface area contributed by atoms with Crippen LogP contribution in [0, 0.1) is 10.8 Å². The van der Waals surface area contributed by atoms with E-state index in [1.165, 1.54) is 58.9 Å². The minimum atomic E-state index is -4.24. The van der Waals surface area contributed by atoms with E-state index in [0.29, 0.717) is 0 Å². The summed E-state index contributed by atoms with van der Waals surface area (Å²) in [4.78, 5) is 29.0. The summed E-state index contributed by atoms with van der Waals surface area (Å²) in [6, 6.07) is -3.95. The highest BCUT2D eigenvalue weighted by atomic mass is 31.2. The Labute approximate surface area is 332 Å². The predicted octanol–water partition coefficient (Wildman–Crippen LogP) is -3.73. The van der Waals surface area contributed by atoms with Crippen molar-refractivity contribution >= 4 is 26.0 Å². The number of phosphoric ester groups is 1. The van der Waals surface area contributed by atoms with Crippen LogP contribution in [-0.2, 0) is 32.8 Å². The lowest BCUT2D eigenvalue weighted by atomic mass is 9.81. The fourth-order valence-electron chi connectivity index (χ4n) is 6.95. The molecule has 2 heterocycles. The molecule has 2 saturated heterocycles. The normalized spacial score (nSPS) is 36.8. The monoisotopic (exact) mass is 847 g/mol. The smallest absolute Gasteiger partial charge is 0.394 e. The van der Waals surface area contributed by atoms with Crippen molar-refractivity contribution in [1.29, 1.82) is 10.8 Å². The van der Waals surface area contributed by atoms with Gasteiger partial charge in [0, 0.05) is 0 Å². The summed E-state index contributed by atoms with van der Waals surface area (Å²) < 4.78 is 37.7. The van der Waals surface area contributed by atoms with Gasteiger partial charge in [0.05, 0.1) is 43.5 Å². The minimum absolute atomic E-state index is 0.136. The average Bonchev–Trinajstić information content (AvgIpc) is 3.38. The maximum Gasteiger partial charge on any atom is 0.469 e. The zero-order chi connectivity index (χ0) is 43.1. The Morgan fingerprint density at radius 2 is 1.32 bits per heavy atom. The summed E-state index contributed by atoms with van der Waals surface area (Å²) in [6.45, 7) is 3.00. The molecule has 0 spiro atoms. The van der Waals surface area contributed by atoms with E-state index in [-0.39, 0.29) is 12.9 Å². The molecule has 0 aromatic rings. The van der Waals surface area contributed by atoms with Gasteiger partial charge >= 0.3 is 7.82 Å². The minimum Gasteiger partial charge on any atom is -0.394 e. The molecule has 57 heavy (non-hydrogen) atoms. The van der Waals surface area contributed by atoms with Gasteiger partial charge in [-0.3, -0.25) is 20.1 Å². The van der Waals surface area contributed by atoms with Gasteiger partial charge in [-0.15, -0.1) is 0 Å². The number of hydrogen-bond acceptors (Lipinski definition) is 17. The van der Waals surface area contributed by atoms with Crippen LogP contribution in [0.15, 0.2) is 0 Å². The lowest BCUT2D eigenvalue weighted by Gasteiger charge is -2.47. The quantitative estimate of drug-likeness (QED) is 0.0174. The summed E-state index contributed by atoms with van der Waals surface area (Å²) in [6.07, 6.45) is -5.25. The molecular weight excluding hydrogens is 781 g/mol. The molecule has 334 valence electrons. The van der Waals surface area contributed by atoms with Crippen molar-refractivity contribution in [2.75, 3.05) is 20.3 Å². The predicted molar refractivity (Wildman–Crippen MR) is 201 cm³/mol. The molecule has 3 rings (SSSR count). The van der Waals surface area contributed by atoms with E-state index >= 15 is 0 Å². The van der Waals surface area contributed by atoms with Crippen molar-refractivity contribution in [2.45, 2.75) is 169 Å². The number of aldehydes is 1. The Hall–Kier alpha value is -2.16. The van der Waals surface area contributed by atoms with Crippen LogP contribution in [0.1, 0.15) is 78.1 Å². The number of nitrogens with one attached hydrogen (secondary N) is 5. The van der Waals surface area contributed by atoms with Crippen molar-refractivity contribution < 1.29 is 78.4 Å². The van der Waals surface area contributed by atoms with Crippen LogP contribution in [0.3, 0.4) is 0 Å². The lowest BCUT2D eigenvalue weighted by molar-refractivity contribution is -0.314. The third-order valence-corrected chi connectivity index (χ3v) is 10.7. The van der Waals surface area contributed by atoms with E-state index in [0.717, 1.165) is 19.3 Å². The largest absolute Gasteiger partial charge is 0.469 e. The molecule has 24 heteroatoms. The van der Waals surface area contributed by atoms with E-state index in [2.05, 4.69) is 27.4 Å². The molecule has 0 unspecified atom stereocenters. The number of aliphatic hydroxyl groups is 7. The van der Waals surface area contributed by atoms with E-state index < -0.39 is 118 Å². The Morgan fingerprint density at radius 3 is 1.81 bits per heavy atom. The molecule has 1 aliphatic carbocycles. The van der Waals surface area contributed by atoms with Gasteiger partial charge in [-0.1, -0.05) is 64.7 Å². The Kier molecular flexibility index (Phi) is 21.6. The highest BCUT2D eigenvalue weighted by molar-refractivity contribution is 7.46. The molecule has 3 aliphatic rings. The van der Waals surface area contributed by atoms with Crippen molar-refractivity contribution in [3.8, 4) is 0 Å². The van der Waals surface area contributed by atoms with Crippen LogP contribution in [0.5, 0.6) is 0 Å². The maximum atomic E-state index is 12.1. The molecule has 0 aromatic heterocycles. The number of carbonyl (C=O) groups is 1. The van der Waals surface area contributed by atoms with E-state index in [1.54, 1.807) is 0 Å². The lowest BCUT2D eigenvalue weighted by Crippen LogP contribution is -2.73. The third kappa shape index (κ3) is 14.8. The molecule has 1 saturated carbocycles. The van der Waals surface area contributed by atoms with Crippen LogP contribution in [0.2, 0.25) is 0 Å². The molecule has 0 amide bonds. The first-order chi connectivity index (χ1) is 26.8. The molecule has 23 nitrogen and oxygen atoms in total. The molecule has 18 N–H and O–H groups in total. The van der Waals surface area contributed by atoms with Crippen LogP contribution < -0.4 is 27.4 Å². The molecule has 0 aromatic carbocycles. The van der Waals surface area contributed by atoms with Crippen molar-refractivity contribution in [1.82, 2.24) is 16.0 Å². The number of phosphoric acid groups is 1. The molecule has 0 radical (unpaired) electrons. The van der Waals surface area contributed by atoms with Crippen LogP contribution in [0.25, 0.3) is 0 Å². The van der Waals surface area contributed by atoms with E-state index in [9.17, 15) is 45.1 Å². The van der Waals surface area contributed by atoms with Gasteiger partial charge in [0.2, 0.25) is 0 Å². The van der Waals surface area contributed by atoms with Crippen LogP contribution in [-0.4, -0.2) is 175 Å². The zero-order valence-electron chi connectivity index (χ0n) is 32.6. The first kappa shape index (κ1) is 51.0. The van der Waals surface area contributed by atoms with Gasteiger partial charge in [-0.2, -0.15) is 0 Å². The zero-order valence-corrected chi connectivity index (χ0v) is 33.5. The number of ether oxygens (including phenoxy) is 4. The standard InChI is InChI=1S/C21H39N7O12.C12H27O4P/c1-5-21(36,4-30)16(40-17-9(26-2)13(34)10(31)6(3-29)38-17)18(37-5)39-15-8(28-20(24)25)11(32)7(27-19(22)23)12(33)14(15)35;1-2-3-4-5-6-7-8-9-10-11-12-16-17(13,14)15/h4-18,26,29,31-36H,3H2,1-2H3,(H4,22,23,27)(H4,24,25,28);2-12H2,1H3,(H2,13,14,15)/t5-,6-,7+,8-,9-,10-,11+,12-,13-,14+,15+,16-,17-,18-,21+;/m0./s1. The van der Waals surface area contributed by atoms with Crippen LogP contribution >= 0.6 is 7.82 Å². The Balaban J connectivity index is 0.000000555. The van der Waals surface area contributed by atoms with Gasteiger partial charge in [-0.05, 0) is 20.4 Å². The summed E-state index contributed by atoms with van der Waals surface area (Å²) in [7, 11) is -2.83. The van der Waals surface area contributed by atoms with Gasteiger partial charge in [-0.25, -0.2) is 4.57 Å². The number of hydrogen-bond donors (Lipinski definition) is 16. The number of unbranched alkanes of at least 4 members (excludes halogenated alkanes) is 9. The van der Waals surface area contributed by atoms with Gasteiger partial charge < -0.3 is 91.9 Å². The fraction of sp³-hybridized carbons (Fsp3) is 0.909. The summed E-state index contributed by atoms with van der Waals surface area (Å²) in [5.74, 6) is -1.29. The van der Waals surface area contributed by atoms with Crippen molar-refractivity contribution in [3.63, 3.8) is 0 Å². The second-order valence-electron chi connectivity index (χ2n) is 14.5. The van der Waals surface area contributed by atoms with Gasteiger partial charge in [0.25, 0.3) is 0 Å².